The molecule has 7 nitrogen and oxygen atoms in total. The molecule has 3 heterocycles. The lowest BCUT2D eigenvalue weighted by Crippen LogP contribution is -2.47. The van der Waals surface area contributed by atoms with Crippen LogP contribution in [0.1, 0.15) is 5.69 Å². The van der Waals surface area contributed by atoms with E-state index in [4.69, 9.17) is 9.47 Å². The number of piperazine rings is 1. The van der Waals surface area contributed by atoms with Crippen molar-refractivity contribution in [3.05, 3.63) is 42.4 Å². The molecule has 0 N–H and O–H groups in total. The number of methoxy groups -OCH3 is 2. The molecule has 2 aromatic heterocycles. The number of hydrogen-bond acceptors (Lipinski definition) is 7. The number of fused-ring (bicyclic) bond motifs is 1. The fourth-order valence-corrected chi connectivity index (χ4v) is 3.52. The Bertz CT molecular complexity index is 954. The summed E-state index contributed by atoms with van der Waals surface area (Å²) in [5.74, 6) is 2.20. The molecule has 0 unspecified atom stereocenters. The zero-order valence-electron chi connectivity index (χ0n) is 15.8. The van der Waals surface area contributed by atoms with Gasteiger partial charge in [-0.2, -0.15) is 4.98 Å². The van der Waals surface area contributed by atoms with E-state index in [-0.39, 0.29) is 0 Å². The Morgan fingerprint density at radius 3 is 2.44 bits per heavy atom. The van der Waals surface area contributed by atoms with Crippen molar-refractivity contribution in [1.29, 1.82) is 0 Å². The summed E-state index contributed by atoms with van der Waals surface area (Å²) >= 11 is 0. The summed E-state index contributed by atoms with van der Waals surface area (Å²) in [4.78, 5) is 18.0. The largest absolute Gasteiger partial charge is 0.494 e. The number of ether oxygens (including phenoxy) is 2. The summed E-state index contributed by atoms with van der Waals surface area (Å²) in [5.41, 5.74) is 3.10. The van der Waals surface area contributed by atoms with Gasteiger partial charge >= 0.3 is 0 Å². The van der Waals surface area contributed by atoms with Gasteiger partial charge in [0.2, 0.25) is 5.88 Å². The number of hydrogen-bond donors (Lipinski definition) is 0. The first-order valence-electron chi connectivity index (χ1n) is 9.00. The van der Waals surface area contributed by atoms with E-state index >= 15 is 0 Å². The van der Waals surface area contributed by atoms with Crippen LogP contribution in [-0.2, 0) is 0 Å². The molecule has 140 valence electrons. The molecule has 0 saturated carbocycles. The van der Waals surface area contributed by atoms with Gasteiger partial charge in [-0.3, -0.25) is 4.98 Å². The molecule has 1 saturated heterocycles. The highest BCUT2D eigenvalue weighted by Gasteiger charge is 2.21. The van der Waals surface area contributed by atoms with Crippen LogP contribution in [-0.4, -0.2) is 55.4 Å². The number of benzene rings is 1. The van der Waals surface area contributed by atoms with Crippen molar-refractivity contribution in [3.8, 4) is 11.6 Å². The fourth-order valence-electron chi connectivity index (χ4n) is 3.52. The molecule has 0 atom stereocenters. The van der Waals surface area contributed by atoms with Crippen LogP contribution in [0.5, 0.6) is 11.6 Å². The highest BCUT2D eigenvalue weighted by Crippen LogP contribution is 2.33. The summed E-state index contributed by atoms with van der Waals surface area (Å²) < 4.78 is 10.7. The van der Waals surface area contributed by atoms with Crippen LogP contribution in [0.4, 0.5) is 11.5 Å². The van der Waals surface area contributed by atoms with Crippen molar-refractivity contribution < 1.29 is 9.47 Å². The Kier molecular flexibility index (Phi) is 4.66. The van der Waals surface area contributed by atoms with Gasteiger partial charge in [0, 0.05) is 42.9 Å². The van der Waals surface area contributed by atoms with Gasteiger partial charge in [-0.05, 0) is 19.1 Å². The molecule has 0 spiro atoms. The topological polar surface area (TPSA) is 63.6 Å². The van der Waals surface area contributed by atoms with Crippen molar-refractivity contribution in [2.45, 2.75) is 6.92 Å². The maximum Gasteiger partial charge on any atom is 0.233 e. The van der Waals surface area contributed by atoms with Crippen molar-refractivity contribution in [3.63, 3.8) is 0 Å². The molecule has 4 rings (SSSR count). The molecule has 7 heteroatoms. The molecule has 0 aliphatic carbocycles. The molecule has 3 aromatic rings. The quantitative estimate of drug-likeness (QED) is 0.704. The van der Waals surface area contributed by atoms with Gasteiger partial charge in [0.15, 0.2) is 5.82 Å². The van der Waals surface area contributed by atoms with E-state index in [9.17, 15) is 0 Å². The second-order valence-electron chi connectivity index (χ2n) is 6.53. The first-order chi connectivity index (χ1) is 13.2. The summed E-state index contributed by atoms with van der Waals surface area (Å²) in [6.07, 6.45) is 3.41. The third-order valence-corrected chi connectivity index (χ3v) is 4.88. The molecule has 0 radical (unpaired) electrons. The SMILES string of the molecule is COc1cncc(N2CCN(c3cc(C)nc4c(OC)cccc34)CC2)n1. The maximum atomic E-state index is 5.51. The van der Waals surface area contributed by atoms with Gasteiger partial charge in [-0.1, -0.05) is 12.1 Å². The Hall–Kier alpha value is -3.09. The van der Waals surface area contributed by atoms with E-state index in [0.29, 0.717) is 5.88 Å². The average Bonchev–Trinajstić information content (AvgIpc) is 2.73. The first-order valence-corrected chi connectivity index (χ1v) is 9.00. The Morgan fingerprint density at radius 1 is 0.926 bits per heavy atom. The number of nitrogens with zero attached hydrogens (tertiary/aromatic N) is 5. The zero-order valence-corrected chi connectivity index (χ0v) is 15.8. The van der Waals surface area contributed by atoms with Crippen molar-refractivity contribution in [2.24, 2.45) is 0 Å². The normalized spacial score (nSPS) is 14.5. The van der Waals surface area contributed by atoms with Gasteiger partial charge in [0.05, 0.1) is 26.6 Å². The predicted octanol–water partition coefficient (Wildman–Crippen LogP) is 2.68. The lowest BCUT2D eigenvalue weighted by atomic mass is 10.1. The smallest absolute Gasteiger partial charge is 0.233 e. The standard InChI is InChI=1S/C20H23N5O2/c1-14-11-16(15-5-4-6-17(26-2)20(15)22-14)24-7-9-25(10-8-24)18-12-21-13-19(23-18)27-3/h4-6,11-13H,7-10H2,1-3H3. The second kappa shape index (κ2) is 7.26. The highest BCUT2D eigenvalue weighted by molar-refractivity contribution is 5.95. The van der Waals surface area contributed by atoms with Crippen LogP contribution >= 0.6 is 0 Å². The van der Waals surface area contributed by atoms with E-state index in [1.807, 2.05) is 19.1 Å². The summed E-state index contributed by atoms with van der Waals surface area (Å²) in [6.45, 7) is 5.56. The van der Waals surface area contributed by atoms with Crippen LogP contribution < -0.4 is 19.3 Å². The predicted molar refractivity (Wildman–Crippen MR) is 106 cm³/mol. The molecule has 1 aliphatic heterocycles. The number of anilines is 2. The van der Waals surface area contributed by atoms with E-state index in [1.165, 1.54) is 5.69 Å². The van der Waals surface area contributed by atoms with Crippen LogP contribution in [0.15, 0.2) is 36.7 Å². The molecule has 27 heavy (non-hydrogen) atoms. The van der Waals surface area contributed by atoms with Crippen LogP contribution in [0, 0.1) is 6.92 Å². The average molecular weight is 365 g/mol. The third kappa shape index (κ3) is 3.32. The molecular weight excluding hydrogens is 342 g/mol. The molecule has 0 amide bonds. The van der Waals surface area contributed by atoms with Crippen LogP contribution in [0.25, 0.3) is 10.9 Å². The van der Waals surface area contributed by atoms with Crippen molar-refractivity contribution in [1.82, 2.24) is 15.0 Å². The third-order valence-electron chi connectivity index (χ3n) is 4.88. The zero-order chi connectivity index (χ0) is 18.8. The van der Waals surface area contributed by atoms with Gasteiger partial charge < -0.3 is 19.3 Å². The van der Waals surface area contributed by atoms with Gasteiger partial charge in [-0.25, -0.2) is 4.98 Å². The van der Waals surface area contributed by atoms with Gasteiger partial charge in [-0.15, -0.1) is 0 Å². The lowest BCUT2D eigenvalue weighted by molar-refractivity contribution is 0.395. The van der Waals surface area contributed by atoms with E-state index in [0.717, 1.165) is 54.3 Å². The maximum absolute atomic E-state index is 5.51. The molecule has 1 aromatic carbocycles. The van der Waals surface area contributed by atoms with Crippen molar-refractivity contribution in [2.75, 3.05) is 50.2 Å². The number of aryl methyl sites for hydroxylation is 1. The minimum absolute atomic E-state index is 0.540. The lowest BCUT2D eigenvalue weighted by Gasteiger charge is -2.37. The molecule has 1 fully saturated rings. The van der Waals surface area contributed by atoms with Crippen LogP contribution in [0.3, 0.4) is 0 Å². The van der Waals surface area contributed by atoms with E-state index < -0.39 is 0 Å². The second-order valence-corrected chi connectivity index (χ2v) is 6.53. The summed E-state index contributed by atoms with van der Waals surface area (Å²) in [5, 5.41) is 1.12. The first kappa shape index (κ1) is 17.3. The number of rotatable bonds is 4. The Balaban J connectivity index is 1.59. The minimum atomic E-state index is 0.540. The summed E-state index contributed by atoms with van der Waals surface area (Å²) in [7, 11) is 3.29. The Labute approximate surface area is 158 Å². The fraction of sp³-hybridized carbons (Fsp3) is 0.350. The van der Waals surface area contributed by atoms with Gasteiger partial charge in [0.25, 0.3) is 0 Å². The van der Waals surface area contributed by atoms with Crippen LogP contribution in [0.2, 0.25) is 0 Å². The monoisotopic (exact) mass is 365 g/mol. The van der Waals surface area contributed by atoms with Crippen molar-refractivity contribution >= 4 is 22.4 Å². The number of aromatic nitrogens is 3. The van der Waals surface area contributed by atoms with E-state index in [2.05, 4.69) is 36.9 Å². The number of pyridine rings is 1. The minimum Gasteiger partial charge on any atom is -0.494 e. The number of para-hydroxylation sites is 1. The molecule has 1 aliphatic rings. The summed E-state index contributed by atoms with van der Waals surface area (Å²) in [6, 6.07) is 8.24. The molecular formula is C20H23N5O2. The molecule has 0 bridgehead atoms. The van der Waals surface area contributed by atoms with E-state index in [1.54, 1.807) is 26.6 Å². The van der Waals surface area contributed by atoms with Gasteiger partial charge in [0.1, 0.15) is 11.3 Å². The highest BCUT2D eigenvalue weighted by atomic mass is 16.5. The Morgan fingerprint density at radius 2 is 1.70 bits per heavy atom.